The van der Waals surface area contributed by atoms with Crippen molar-refractivity contribution in [3.8, 4) is 5.75 Å². The van der Waals surface area contributed by atoms with Crippen molar-refractivity contribution >= 4 is 33.8 Å². The van der Waals surface area contributed by atoms with Gasteiger partial charge >= 0.3 is 0 Å². The van der Waals surface area contributed by atoms with Crippen molar-refractivity contribution in [1.29, 1.82) is 0 Å². The Labute approximate surface area is 127 Å². The summed E-state index contributed by atoms with van der Waals surface area (Å²) < 4.78 is 0.969. The SMILES string of the molecule is C/C(=N\OCc1cc(=O)c(O)cn1O)c1nc(N)sc1Cl. The molecule has 112 valence electrons. The maximum absolute atomic E-state index is 11.3. The zero-order valence-corrected chi connectivity index (χ0v) is 12.4. The van der Waals surface area contributed by atoms with Gasteiger partial charge in [-0.15, -0.1) is 0 Å². The minimum absolute atomic E-state index is 0.123. The maximum Gasteiger partial charge on any atom is 0.223 e. The molecule has 2 rings (SSSR count). The predicted octanol–water partition coefficient (Wildman–Crippen LogP) is 1.42. The number of oxime groups is 1. The molecule has 0 atom stereocenters. The first-order valence-corrected chi connectivity index (χ1v) is 6.80. The summed E-state index contributed by atoms with van der Waals surface area (Å²) in [4.78, 5) is 20.3. The zero-order chi connectivity index (χ0) is 15.6. The molecule has 0 unspecified atom stereocenters. The van der Waals surface area contributed by atoms with Crippen molar-refractivity contribution in [2.24, 2.45) is 5.16 Å². The zero-order valence-electron chi connectivity index (χ0n) is 10.8. The molecule has 10 heteroatoms. The Kier molecular flexibility index (Phi) is 4.34. The Morgan fingerprint density at radius 3 is 3.00 bits per heavy atom. The summed E-state index contributed by atoms with van der Waals surface area (Å²) in [6.07, 6.45) is 0.871. The third-order valence-corrected chi connectivity index (χ3v) is 3.53. The number of rotatable bonds is 4. The lowest BCUT2D eigenvalue weighted by molar-refractivity contribution is 0.0952. The summed E-state index contributed by atoms with van der Waals surface area (Å²) in [6, 6.07) is 1.04. The van der Waals surface area contributed by atoms with Crippen molar-refractivity contribution in [3.05, 3.63) is 38.2 Å². The van der Waals surface area contributed by atoms with E-state index in [-0.39, 0.29) is 12.3 Å². The van der Waals surface area contributed by atoms with E-state index in [0.29, 0.717) is 25.6 Å². The Balaban J connectivity index is 2.10. The Morgan fingerprint density at radius 2 is 2.38 bits per heavy atom. The van der Waals surface area contributed by atoms with E-state index >= 15 is 0 Å². The van der Waals surface area contributed by atoms with E-state index in [4.69, 9.17) is 27.3 Å². The molecule has 2 aromatic heterocycles. The molecule has 0 radical (unpaired) electrons. The van der Waals surface area contributed by atoms with Crippen molar-refractivity contribution < 1.29 is 15.2 Å². The fraction of sp³-hybridized carbons (Fsp3) is 0.182. The molecule has 0 aliphatic heterocycles. The van der Waals surface area contributed by atoms with Gasteiger partial charge in [-0.25, -0.2) is 4.98 Å². The number of nitrogens with zero attached hydrogens (tertiary/aromatic N) is 3. The number of anilines is 1. The molecule has 0 saturated carbocycles. The second-order valence-corrected chi connectivity index (χ2v) is 5.62. The average molecular weight is 331 g/mol. The van der Waals surface area contributed by atoms with Crippen LogP contribution in [0.3, 0.4) is 0 Å². The Morgan fingerprint density at radius 1 is 1.67 bits per heavy atom. The fourth-order valence-corrected chi connectivity index (χ4v) is 2.47. The first-order valence-electron chi connectivity index (χ1n) is 5.61. The number of pyridine rings is 1. The van der Waals surface area contributed by atoms with Gasteiger partial charge in [0.25, 0.3) is 0 Å². The van der Waals surface area contributed by atoms with Crippen molar-refractivity contribution in [2.45, 2.75) is 13.5 Å². The van der Waals surface area contributed by atoms with Gasteiger partial charge in [0.2, 0.25) is 5.43 Å². The third-order valence-electron chi connectivity index (χ3n) is 2.45. The summed E-state index contributed by atoms with van der Waals surface area (Å²) in [5.74, 6) is -0.564. The van der Waals surface area contributed by atoms with Gasteiger partial charge in [-0.2, -0.15) is 4.73 Å². The summed E-state index contributed by atoms with van der Waals surface area (Å²) in [5, 5.41) is 22.7. The van der Waals surface area contributed by atoms with Gasteiger partial charge in [0.15, 0.2) is 17.5 Å². The first-order chi connectivity index (χ1) is 9.88. The number of thiazole rings is 1. The van der Waals surface area contributed by atoms with Crippen LogP contribution in [-0.2, 0) is 11.4 Å². The summed E-state index contributed by atoms with van der Waals surface area (Å²) in [7, 11) is 0. The quantitative estimate of drug-likeness (QED) is 0.442. The molecule has 0 bridgehead atoms. The lowest BCUT2D eigenvalue weighted by Gasteiger charge is -2.06. The lowest BCUT2D eigenvalue weighted by Crippen LogP contribution is -2.10. The third kappa shape index (κ3) is 3.44. The molecule has 4 N–H and O–H groups in total. The number of aromatic hydroxyl groups is 1. The van der Waals surface area contributed by atoms with Gasteiger partial charge in [-0.1, -0.05) is 28.1 Å². The van der Waals surface area contributed by atoms with Gasteiger partial charge < -0.3 is 20.9 Å². The average Bonchev–Trinajstić information content (AvgIpc) is 2.74. The van der Waals surface area contributed by atoms with E-state index in [1.807, 2.05) is 0 Å². The molecule has 0 amide bonds. The number of halogens is 1. The number of nitrogens with two attached hydrogens (primary N) is 1. The number of hydrogen-bond acceptors (Lipinski definition) is 8. The highest BCUT2D eigenvalue weighted by Crippen LogP contribution is 2.26. The fourth-order valence-electron chi connectivity index (χ4n) is 1.44. The van der Waals surface area contributed by atoms with Crippen LogP contribution >= 0.6 is 22.9 Å². The lowest BCUT2D eigenvalue weighted by atomic mass is 10.3. The molecule has 2 heterocycles. The van der Waals surface area contributed by atoms with E-state index in [1.165, 1.54) is 0 Å². The second-order valence-electron chi connectivity index (χ2n) is 3.98. The molecule has 2 aromatic rings. The monoisotopic (exact) mass is 330 g/mol. The van der Waals surface area contributed by atoms with Crippen molar-refractivity contribution in [1.82, 2.24) is 9.71 Å². The normalized spacial score (nSPS) is 11.6. The van der Waals surface area contributed by atoms with Gasteiger partial charge in [0.1, 0.15) is 21.4 Å². The largest absolute Gasteiger partial charge is 0.503 e. The number of hydrogen-bond donors (Lipinski definition) is 3. The van der Waals surface area contributed by atoms with E-state index in [1.54, 1.807) is 6.92 Å². The van der Waals surface area contributed by atoms with Crippen LogP contribution in [0, 0.1) is 0 Å². The number of aromatic nitrogens is 2. The summed E-state index contributed by atoms with van der Waals surface area (Å²) in [5.41, 5.74) is 5.82. The second kappa shape index (κ2) is 6.02. The van der Waals surface area contributed by atoms with Gasteiger partial charge in [0.05, 0.1) is 6.20 Å². The molecular weight excluding hydrogens is 320 g/mol. The van der Waals surface area contributed by atoms with E-state index in [0.717, 1.165) is 23.6 Å². The smallest absolute Gasteiger partial charge is 0.223 e. The number of nitrogen functional groups attached to an aromatic ring is 1. The highest BCUT2D eigenvalue weighted by molar-refractivity contribution is 7.19. The predicted molar refractivity (Wildman–Crippen MR) is 78.1 cm³/mol. The highest BCUT2D eigenvalue weighted by atomic mass is 35.5. The van der Waals surface area contributed by atoms with Crippen molar-refractivity contribution in [2.75, 3.05) is 5.73 Å². The van der Waals surface area contributed by atoms with Crippen LogP contribution in [0.4, 0.5) is 5.13 Å². The van der Waals surface area contributed by atoms with Gasteiger partial charge in [-0.3, -0.25) is 4.79 Å². The Bertz CT molecular complexity index is 755. The highest BCUT2D eigenvalue weighted by Gasteiger charge is 2.11. The molecular formula is C11H11ClN4O4S. The minimum Gasteiger partial charge on any atom is -0.503 e. The van der Waals surface area contributed by atoms with Crippen molar-refractivity contribution in [3.63, 3.8) is 0 Å². The molecule has 8 nitrogen and oxygen atoms in total. The van der Waals surface area contributed by atoms with Crippen LogP contribution in [0.2, 0.25) is 4.34 Å². The molecule has 0 saturated heterocycles. The minimum atomic E-state index is -0.630. The first kappa shape index (κ1) is 15.1. The summed E-state index contributed by atoms with van der Waals surface area (Å²) >= 11 is 7.04. The molecule has 0 aliphatic rings. The van der Waals surface area contributed by atoms with Crippen LogP contribution in [0.15, 0.2) is 22.2 Å². The Hall–Kier alpha value is -2.26. The topological polar surface area (TPSA) is 123 Å². The molecule has 0 aromatic carbocycles. The van der Waals surface area contributed by atoms with E-state index in [2.05, 4.69) is 10.1 Å². The van der Waals surface area contributed by atoms with E-state index < -0.39 is 11.2 Å². The summed E-state index contributed by atoms with van der Waals surface area (Å²) in [6.45, 7) is 1.45. The van der Waals surface area contributed by atoms with Crippen LogP contribution in [0.25, 0.3) is 0 Å². The van der Waals surface area contributed by atoms with Crippen LogP contribution in [0.1, 0.15) is 18.3 Å². The molecule has 0 spiro atoms. The molecule has 0 fully saturated rings. The van der Waals surface area contributed by atoms with Crippen LogP contribution in [-0.4, -0.2) is 25.7 Å². The maximum atomic E-state index is 11.3. The van der Waals surface area contributed by atoms with E-state index in [9.17, 15) is 10.0 Å². The molecule has 21 heavy (non-hydrogen) atoms. The van der Waals surface area contributed by atoms with Gasteiger partial charge in [0, 0.05) is 6.07 Å². The van der Waals surface area contributed by atoms with Crippen LogP contribution < -0.4 is 11.2 Å². The standard InChI is InChI=1S/C11H11ClN4O4S/c1-5(9-10(12)21-11(13)14-9)15-20-4-6-2-7(17)8(18)3-16(6)19/h2-3,18-19H,4H2,1H3,(H2,13,14)/b15-5+. The molecule has 0 aliphatic carbocycles. The van der Waals surface area contributed by atoms with Gasteiger partial charge in [-0.05, 0) is 6.92 Å². The van der Waals surface area contributed by atoms with Crippen LogP contribution in [0.5, 0.6) is 5.75 Å².